The largest absolute Gasteiger partial charge is 0.493 e. The highest BCUT2D eigenvalue weighted by Crippen LogP contribution is 2.30. The molecule has 1 heterocycles. The summed E-state index contributed by atoms with van der Waals surface area (Å²) in [7, 11) is 3.46. The number of rotatable bonds is 8. The Morgan fingerprint density at radius 2 is 1.97 bits per heavy atom. The Bertz CT molecular complexity index is 1040. The average Bonchev–Trinajstić information content (AvgIpc) is 3.09. The zero-order chi connectivity index (χ0) is 21.7. The Balaban J connectivity index is 1.61. The number of anilines is 1. The van der Waals surface area contributed by atoms with Gasteiger partial charge in [0.1, 0.15) is 0 Å². The number of nitrogens with zero attached hydrogens (tertiary/aromatic N) is 3. The van der Waals surface area contributed by atoms with E-state index in [0.29, 0.717) is 22.5 Å². The predicted molar refractivity (Wildman–Crippen MR) is 121 cm³/mol. The van der Waals surface area contributed by atoms with E-state index in [2.05, 4.69) is 31.4 Å². The second-order valence-corrected chi connectivity index (χ2v) is 8.46. The molecule has 3 rings (SSSR count). The van der Waals surface area contributed by atoms with Gasteiger partial charge in [-0.2, -0.15) is 0 Å². The summed E-state index contributed by atoms with van der Waals surface area (Å²) in [5, 5.41) is 12.0. The van der Waals surface area contributed by atoms with Crippen molar-refractivity contribution < 1.29 is 14.3 Å². The molecule has 30 heavy (non-hydrogen) atoms. The standard InChI is InChI=1S/C21H23BrN4O3S/c1-13-11-15(22)9-10-16(13)23-19(27)12-30-21-25-24-20(26(21)3)14(2)29-18-8-6-5-7-17(18)28-4/h5-11,14H,12H2,1-4H3,(H,23,27). The maximum absolute atomic E-state index is 12.3. The minimum absolute atomic E-state index is 0.103. The van der Waals surface area contributed by atoms with Crippen LogP contribution in [0.15, 0.2) is 52.1 Å². The number of methoxy groups -OCH3 is 1. The van der Waals surface area contributed by atoms with Crippen molar-refractivity contribution in [1.82, 2.24) is 14.8 Å². The maximum Gasteiger partial charge on any atom is 0.234 e. The molecule has 0 saturated carbocycles. The number of aromatic nitrogens is 3. The third kappa shape index (κ3) is 5.34. The van der Waals surface area contributed by atoms with Crippen LogP contribution in [0.2, 0.25) is 0 Å². The van der Waals surface area contributed by atoms with Crippen LogP contribution >= 0.6 is 27.7 Å². The number of ether oxygens (including phenoxy) is 2. The number of carbonyl (C=O) groups excluding carboxylic acids is 1. The highest BCUT2D eigenvalue weighted by Gasteiger charge is 2.19. The molecule has 1 N–H and O–H groups in total. The lowest BCUT2D eigenvalue weighted by molar-refractivity contribution is -0.113. The molecule has 0 bridgehead atoms. The highest BCUT2D eigenvalue weighted by atomic mass is 79.9. The van der Waals surface area contributed by atoms with E-state index in [1.165, 1.54) is 11.8 Å². The molecule has 1 atom stereocenters. The number of benzene rings is 2. The molecule has 9 heteroatoms. The summed E-state index contributed by atoms with van der Waals surface area (Å²) in [6.07, 6.45) is -0.340. The lowest BCUT2D eigenvalue weighted by atomic mass is 10.2. The van der Waals surface area contributed by atoms with Gasteiger partial charge >= 0.3 is 0 Å². The lowest BCUT2D eigenvalue weighted by Gasteiger charge is -2.16. The number of hydrogen-bond donors (Lipinski definition) is 1. The molecule has 7 nitrogen and oxygen atoms in total. The van der Waals surface area contributed by atoms with Crippen LogP contribution in [0.3, 0.4) is 0 Å². The van der Waals surface area contributed by atoms with Gasteiger partial charge in [0.15, 0.2) is 28.6 Å². The van der Waals surface area contributed by atoms with Gasteiger partial charge in [0.05, 0.1) is 12.9 Å². The molecule has 158 valence electrons. The van der Waals surface area contributed by atoms with Gasteiger partial charge in [0.2, 0.25) is 5.91 Å². The third-order valence-electron chi connectivity index (χ3n) is 4.40. The SMILES string of the molecule is COc1ccccc1OC(C)c1nnc(SCC(=O)Nc2ccc(Br)cc2C)n1C. The van der Waals surface area contributed by atoms with E-state index >= 15 is 0 Å². The maximum atomic E-state index is 12.3. The number of thioether (sulfide) groups is 1. The molecular weight excluding hydrogens is 468 g/mol. The molecule has 1 aromatic heterocycles. The summed E-state index contributed by atoms with van der Waals surface area (Å²) in [5.74, 6) is 2.07. The van der Waals surface area contributed by atoms with Gasteiger partial charge in [-0.1, -0.05) is 39.8 Å². The van der Waals surface area contributed by atoms with Crippen molar-refractivity contribution in [3.05, 3.63) is 58.3 Å². The van der Waals surface area contributed by atoms with E-state index in [1.54, 1.807) is 7.11 Å². The monoisotopic (exact) mass is 490 g/mol. The van der Waals surface area contributed by atoms with Gasteiger partial charge in [-0.3, -0.25) is 4.79 Å². The fraction of sp³-hybridized carbons (Fsp3) is 0.286. The summed E-state index contributed by atoms with van der Waals surface area (Å²) in [6.45, 7) is 3.85. The summed E-state index contributed by atoms with van der Waals surface area (Å²) < 4.78 is 14.1. The summed E-state index contributed by atoms with van der Waals surface area (Å²) in [4.78, 5) is 12.3. The van der Waals surface area contributed by atoms with E-state index in [-0.39, 0.29) is 17.8 Å². The Hall–Kier alpha value is -2.52. The number of aryl methyl sites for hydroxylation is 1. The van der Waals surface area contributed by atoms with Crippen LogP contribution in [0.1, 0.15) is 24.4 Å². The number of halogens is 1. The van der Waals surface area contributed by atoms with E-state index < -0.39 is 0 Å². The van der Waals surface area contributed by atoms with E-state index in [1.807, 2.05) is 67.9 Å². The lowest BCUT2D eigenvalue weighted by Crippen LogP contribution is -2.15. The molecule has 0 aliphatic heterocycles. The van der Waals surface area contributed by atoms with E-state index in [9.17, 15) is 4.79 Å². The first-order valence-corrected chi connectivity index (χ1v) is 11.0. The summed E-state index contributed by atoms with van der Waals surface area (Å²) in [5.41, 5.74) is 1.78. The predicted octanol–water partition coefficient (Wildman–Crippen LogP) is 4.77. The van der Waals surface area contributed by atoms with Crippen molar-refractivity contribution in [2.75, 3.05) is 18.2 Å². The number of carbonyl (C=O) groups is 1. The van der Waals surface area contributed by atoms with Gasteiger partial charge in [-0.25, -0.2) is 0 Å². The van der Waals surface area contributed by atoms with Gasteiger partial charge in [0.25, 0.3) is 0 Å². The van der Waals surface area contributed by atoms with Crippen LogP contribution in [0.4, 0.5) is 5.69 Å². The van der Waals surface area contributed by atoms with Crippen molar-refractivity contribution in [3.8, 4) is 11.5 Å². The molecule has 1 unspecified atom stereocenters. The van der Waals surface area contributed by atoms with Gasteiger partial charge < -0.3 is 19.4 Å². The molecule has 0 radical (unpaired) electrons. The quantitative estimate of drug-likeness (QED) is 0.458. The second-order valence-electron chi connectivity index (χ2n) is 6.61. The normalized spacial score (nSPS) is 11.8. The fourth-order valence-electron chi connectivity index (χ4n) is 2.85. The Labute approximate surface area is 188 Å². The van der Waals surface area contributed by atoms with E-state index in [4.69, 9.17) is 9.47 Å². The van der Waals surface area contributed by atoms with Crippen LogP contribution in [-0.2, 0) is 11.8 Å². The van der Waals surface area contributed by atoms with Gasteiger partial charge in [0, 0.05) is 17.2 Å². The number of hydrogen-bond acceptors (Lipinski definition) is 6. The molecule has 0 aliphatic carbocycles. The van der Waals surface area contributed by atoms with Gasteiger partial charge in [-0.05, 0) is 49.7 Å². The van der Waals surface area contributed by atoms with Gasteiger partial charge in [-0.15, -0.1) is 10.2 Å². The number of nitrogens with one attached hydrogen (secondary N) is 1. The minimum Gasteiger partial charge on any atom is -0.493 e. The molecule has 0 saturated heterocycles. The van der Waals surface area contributed by atoms with Crippen molar-refractivity contribution >= 4 is 39.3 Å². The van der Waals surface area contributed by atoms with Crippen LogP contribution in [0, 0.1) is 6.92 Å². The van der Waals surface area contributed by atoms with Crippen molar-refractivity contribution in [2.24, 2.45) is 7.05 Å². The summed E-state index contributed by atoms with van der Waals surface area (Å²) >= 11 is 4.75. The first kappa shape index (κ1) is 22.2. The molecule has 1 amide bonds. The minimum atomic E-state index is -0.340. The molecular formula is C21H23BrN4O3S. The molecule has 0 aliphatic rings. The molecule has 2 aromatic carbocycles. The zero-order valence-electron chi connectivity index (χ0n) is 17.2. The summed E-state index contributed by atoms with van der Waals surface area (Å²) in [6, 6.07) is 13.2. The van der Waals surface area contributed by atoms with Crippen molar-refractivity contribution in [1.29, 1.82) is 0 Å². The number of para-hydroxylation sites is 2. The Kier molecular flexibility index (Phi) is 7.38. The number of amides is 1. The Morgan fingerprint density at radius 3 is 2.67 bits per heavy atom. The smallest absolute Gasteiger partial charge is 0.234 e. The zero-order valence-corrected chi connectivity index (χ0v) is 19.6. The van der Waals surface area contributed by atoms with Crippen LogP contribution in [-0.4, -0.2) is 33.5 Å². The fourth-order valence-corrected chi connectivity index (χ4v) is 4.04. The highest BCUT2D eigenvalue weighted by molar-refractivity contribution is 9.10. The molecule has 3 aromatic rings. The molecule has 0 fully saturated rings. The van der Waals surface area contributed by atoms with E-state index in [0.717, 1.165) is 15.7 Å². The Morgan fingerprint density at radius 1 is 1.23 bits per heavy atom. The third-order valence-corrected chi connectivity index (χ3v) is 5.91. The van der Waals surface area contributed by atoms with Crippen LogP contribution in [0.5, 0.6) is 11.5 Å². The second kappa shape index (κ2) is 9.99. The average molecular weight is 491 g/mol. The van der Waals surface area contributed by atoms with Crippen molar-refractivity contribution in [2.45, 2.75) is 25.1 Å². The first-order chi connectivity index (χ1) is 14.4. The van der Waals surface area contributed by atoms with Crippen LogP contribution < -0.4 is 14.8 Å². The van der Waals surface area contributed by atoms with Crippen molar-refractivity contribution in [3.63, 3.8) is 0 Å². The first-order valence-electron chi connectivity index (χ1n) is 9.26. The van der Waals surface area contributed by atoms with Crippen LogP contribution in [0.25, 0.3) is 0 Å². The topological polar surface area (TPSA) is 78.3 Å². The molecule has 0 spiro atoms.